The Balaban J connectivity index is 1.58. The lowest BCUT2D eigenvalue weighted by molar-refractivity contribution is 0.0514. The number of hydrogen-bond acceptors (Lipinski definition) is 3. The van der Waals surface area contributed by atoms with E-state index in [0.29, 0.717) is 0 Å². The maximum atomic E-state index is 6.55. The maximum Gasteiger partial charge on any atom is 0.191 e. The molecule has 0 unspecified atom stereocenters. The van der Waals surface area contributed by atoms with Gasteiger partial charge in [0, 0.05) is 43.8 Å². The number of aliphatic imine (C=N–C) groups is 1. The number of hydrogen-bond donors (Lipinski definition) is 2. The SMILES string of the molecule is CN=C(NCCc1ccc(OC)cc1)NCC1(c2ccccc2Cl)CCOCC1. The average Bonchev–Trinajstić information content (AvgIpc) is 2.77. The minimum absolute atomic E-state index is 0.0514. The van der Waals surface area contributed by atoms with Crippen LogP contribution in [0.25, 0.3) is 0 Å². The molecule has 3 rings (SSSR count). The highest BCUT2D eigenvalue weighted by atomic mass is 35.5. The highest BCUT2D eigenvalue weighted by Crippen LogP contribution is 2.38. The first-order chi connectivity index (χ1) is 14.2. The Kier molecular flexibility index (Phi) is 7.78. The van der Waals surface area contributed by atoms with Crippen LogP contribution in [-0.2, 0) is 16.6 Å². The molecule has 1 aliphatic rings. The largest absolute Gasteiger partial charge is 0.497 e. The van der Waals surface area contributed by atoms with Crippen LogP contribution in [-0.4, -0.2) is 46.4 Å². The van der Waals surface area contributed by atoms with Gasteiger partial charge in [0.25, 0.3) is 0 Å². The third-order valence-electron chi connectivity index (χ3n) is 5.58. The van der Waals surface area contributed by atoms with E-state index in [1.165, 1.54) is 11.1 Å². The van der Waals surface area contributed by atoms with Gasteiger partial charge in [0.15, 0.2) is 5.96 Å². The number of nitrogens with zero attached hydrogens (tertiary/aromatic N) is 1. The Morgan fingerprint density at radius 2 is 1.83 bits per heavy atom. The van der Waals surface area contributed by atoms with E-state index in [0.717, 1.165) is 62.3 Å². The van der Waals surface area contributed by atoms with Gasteiger partial charge in [0.1, 0.15) is 5.75 Å². The molecule has 2 aromatic rings. The maximum absolute atomic E-state index is 6.55. The first kappa shape index (κ1) is 21.5. The van der Waals surface area contributed by atoms with Crippen molar-refractivity contribution in [1.29, 1.82) is 0 Å². The van der Waals surface area contributed by atoms with E-state index in [-0.39, 0.29) is 5.41 Å². The fourth-order valence-electron chi connectivity index (χ4n) is 3.79. The van der Waals surface area contributed by atoms with Gasteiger partial charge in [-0.2, -0.15) is 0 Å². The number of halogens is 1. The Hall–Kier alpha value is -2.24. The molecule has 0 bridgehead atoms. The molecule has 156 valence electrons. The van der Waals surface area contributed by atoms with Crippen molar-refractivity contribution in [1.82, 2.24) is 10.6 Å². The van der Waals surface area contributed by atoms with E-state index in [2.05, 4.69) is 39.9 Å². The van der Waals surface area contributed by atoms with Crippen molar-refractivity contribution in [3.05, 3.63) is 64.7 Å². The summed E-state index contributed by atoms with van der Waals surface area (Å²) < 4.78 is 10.8. The van der Waals surface area contributed by atoms with E-state index >= 15 is 0 Å². The van der Waals surface area contributed by atoms with E-state index < -0.39 is 0 Å². The zero-order chi connectivity index (χ0) is 20.5. The van der Waals surface area contributed by atoms with Gasteiger partial charge in [-0.15, -0.1) is 0 Å². The first-order valence-corrected chi connectivity index (χ1v) is 10.4. The minimum atomic E-state index is -0.0514. The highest BCUT2D eigenvalue weighted by Gasteiger charge is 2.36. The number of ether oxygens (including phenoxy) is 2. The van der Waals surface area contributed by atoms with E-state index in [9.17, 15) is 0 Å². The standard InChI is InChI=1S/C23H30ClN3O2/c1-25-22(26-14-11-18-7-9-19(28-2)10-8-18)27-17-23(12-15-29-16-13-23)20-5-3-4-6-21(20)24/h3-10H,11-17H2,1-2H3,(H2,25,26,27). The summed E-state index contributed by atoms with van der Waals surface area (Å²) in [5.74, 6) is 1.68. The summed E-state index contributed by atoms with van der Waals surface area (Å²) in [4.78, 5) is 4.39. The van der Waals surface area contributed by atoms with Crippen molar-refractivity contribution in [3.8, 4) is 5.75 Å². The lowest BCUT2D eigenvalue weighted by atomic mass is 9.74. The number of benzene rings is 2. The van der Waals surface area contributed by atoms with Crippen LogP contribution < -0.4 is 15.4 Å². The topological polar surface area (TPSA) is 54.9 Å². The van der Waals surface area contributed by atoms with Crippen LogP contribution in [0.15, 0.2) is 53.5 Å². The van der Waals surface area contributed by atoms with Crippen molar-refractivity contribution >= 4 is 17.6 Å². The molecule has 2 N–H and O–H groups in total. The van der Waals surface area contributed by atoms with Crippen molar-refractivity contribution in [2.75, 3.05) is 40.5 Å². The van der Waals surface area contributed by atoms with E-state index in [1.807, 2.05) is 24.3 Å². The van der Waals surface area contributed by atoms with Gasteiger partial charge in [-0.1, -0.05) is 41.9 Å². The molecule has 0 saturated carbocycles. The van der Waals surface area contributed by atoms with Crippen LogP contribution in [0.2, 0.25) is 5.02 Å². The van der Waals surface area contributed by atoms with Crippen molar-refractivity contribution < 1.29 is 9.47 Å². The van der Waals surface area contributed by atoms with Gasteiger partial charge >= 0.3 is 0 Å². The summed E-state index contributed by atoms with van der Waals surface area (Å²) in [6, 6.07) is 16.3. The van der Waals surface area contributed by atoms with Crippen LogP contribution in [0.4, 0.5) is 0 Å². The zero-order valence-electron chi connectivity index (χ0n) is 17.2. The second-order valence-corrected chi connectivity index (χ2v) is 7.73. The normalized spacial score (nSPS) is 16.3. The third-order valence-corrected chi connectivity index (χ3v) is 5.91. The molecule has 1 aliphatic heterocycles. The van der Waals surface area contributed by atoms with Crippen LogP contribution in [0, 0.1) is 0 Å². The molecule has 0 atom stereocenters. The van der Waals surface area contributed by atoms with Gasteiger partial charge < -0.3 is 20.1 Å². The molecular weight excluding hydrogens is 386 g/mol. The van der Waals surface area contributed by atoms with Crippen LogP contribution in [0.1, 0.15) is 24.0 Å². The Morgan fingerprint density at radius 3 is 2.48 bits per heavy atom. The number of rotatable bonds is 7. The van der Waals surface area contributed by atoms with Gasteiger partial charge in [-0.05, 0) is 48.6 Å². The smallest absolute Gasteiger partial charge is 0.191 e. The highest BCUT2D eigenvalue weighted by molar-refractivity contribution is 6.31. The predicted octanol–water partition coefficient (Wildman–Crippen LogP) is 3.80. The van der Waals surface area contributed by atoms with Crippen LogP contribution in [0.3, 0.4) is 0 Å². The van der Waals surface area contributed by atoms with Crippen molar-refractivity contribution in [2.45, 2.75) is 24.7 Å². The fourth-order valence-corrected chi connectivity index (χ4v) is 4.12. The summed E-state index contributed by atoms with van der Waals surface area (Å²) in [5.41, 5.74) is 2.39. The number of methoxy groups -OCH3 is 1. The van der Waals surface area contributed by atoms with E-state index in [1.54, 1.807) is 14.2 Å². The summed E-state index contributed by atoms with van der Waals surface area (Å²) in [5, 5.41) is 7.75. The molecule has 0 radical (unpaired) electrons. The van der Waals surface area contributed by atoms with Gasteiger partial charge in [0.2, 0.25) is 0 Å². The molecule has 1 heterocycles. The van der Waals surface area contributed by atoms with Gasteiger partial charge in [-0.25, -0.2) is 0 Å². The Bertz CT molecular complexity index is 802. The number of guanidine groups is 1. The molecule has 0 amide bonds. The molecule has 0 aromatic heterocycles. The van der Waals surface area contributed by atoms with Crippen LogP contribution >= 0.6 is 11.6 Å². The molecule has 2 aromatic carbocycles. The first-order valence-electron chi connectivity index (χ1n) is 10.1. The summed E-state index contributed by atoms with van der Waals surface area (Å²) in [6.45, 7) is 3.06. The van der Waals surface area contributed by atoms with Crippen molar-refractivity contribution in [2.24, 2.45) is 4.99 Å². The second-order valence-electron chi connectivity index (χ2n) is 7.32. The van der Waals surface area contributed by atoms with Crippen molar-refractivity contribution in [3.63, 3.8) is 0 Å². The van der Waals surface area contributed by atoms with Crippen LogP contribution in [0.5, 0.6) is 5.75 Å². The Morgan fingerprint density at radius 1 is 1.10 bits per heavy atom. The molecule has 6 heteroatoms. The van der Waals surface area contributed by atoms with Gasteiger partial charge in [0.05, 0.1) is 7.11 Å². The van der Waals surface area contributed by atoms with E-state index in [4.69, 9.17) is 21.1 Å². The lowest BCUT2D eigenvalue weighted by Gasteiger charge is -2.38. The third kappa shape index (κ3) is 5.64. The Labute approximate surface area is 178 Å². The molecule has 0 spiro atoms. The molecule has 29 heavy (non-hydrogen) atoms. The molecule has 0 aliphatic carbocycles. The molecule has 1 saturated heterocycles. The summed E-state index contributed by atoms with van der Waals surface area (Å²) in [7, 11) is 3.48. The predicted molar refractivity (Wildman–Crippen MR) is 119 cm³/mol. The monoisotopic (exact) mass is 415 g/mol. The fraction of sp³-hybridized carbons (Fsp3) is 0.435. The lowest BCUT2D eigenvalue weighted by Crippen LogP contribution is -2.48. The quantitative estimate of drug-likeness (QED) is 0.533. The molecule has 5 nitrogen and oxygen atoms in total. The molecular formula is C23H30ClN3O2. The summed E-state index contributed by atoms with van der Waals surface area (Å²) >= 11 is 6.55. The minimum Gasteiger partial charge on any atom is -0.497 e. The number of nitrogens with one attached hydrogen (secondary N) is 2. The zero-order valence-corrected chi connectivity index (χ0v) is 18.0. The van der Waals surface area contributed by atoms with Gasteiger partial charge in [-0.3, -0.25) is 4.99 Å². The second kappa shape index (κ2) is 10.5. The molecule has 1 fully saturated rings. The summed E-state index contributed by atoms with van der Waals surface area (Å²) in [6.07, 6.45) is 2.79. The average molecular weight is 416 g/mol.